The lowest BCUT2D eigenvalue weighted by molar-refractivity contribution is 0.200. The fraction of sp³-hybridized carbons (Fsp3) is 0.462. The summed E-state index contributed by atoms with van der Waals surface area (Å²) >= 11 is 0. The summed E-state index contributed by atoms with van der Waals surface area (Å²) in [5.74, 6) is 0. The molecule has 0 aromatic heterocycles. The van der Waals surface area contributed by atoms with Crippen molar-refractivity contribution in [2.75, 3.05) is 18.4 Å². The van der Waals surface area contributed by atoms with Gasteiger partial charge in [0.2, 0.25) is 10.0 Å². The number of piperidine rings is 1. The molecule has 1 heterocycles. The Morgan fingerprint density at radius 3 is 2.85 bits per heavy atom. The third-order valence-electron chi connectivity index (χ3n) is 3.40. The Hall–Kier alpha value is -1.60. The number of carbonyl (C=O) groups is 1. The van der Waals surface area contributed by atoms with Crippen molar-refractivity contribution < 1.29 is 13.2 Å². The van der Waals surface area contributed by atoms with E-state index in [9.17, 15) is 13.2 Å². The number of primary sulfonamides is 1. The topological polar surface area (TPSA) is 92.5 Å². The number of nitrogens with one attached hydrogen (secondary N) is 1. The average Bonchev–Trinajstić information content (AvgIpc) is 2.38. The molecular formula is C13H19N3O3S. The lowest BCUT2D eigenvalue weighted by Crippen LogP contribution is -2.48. The molecular weight excluding hydrogens is 278 g/mol. The van der Waals surface area contributed by atoms with Crippen LogP contribution < -0.4 is 10.5 Å². The van der Waals surface area contributed by atoms with Crippen LogP contribution in [-0.4, -0.2) is 37.7 Å². The highest BCUT2D eigenvalue weighted by atomic mass is 32.2. The van der Waals surface area contributed by atoms with E-state index < -0.39 is 15.3 Å². The fourth-order valence-corrected chi connectivity index (χ4v) is 3.20. The molecule has 0 radical (unpaired) electrons. The van der Waals surface area contributed by atoms with E-state index in [1.807, 2.05) is 25.1 Å². The molecule has 1 aromatic rings. The third kappa shape index (κ3) is 3.71. The highest BCUT2D eigenvalue weighted by molar-refractivity contribution is 7.89. The summed E-state index contributed by atoms with van der Waals surface area (Å²) in [5, 5.41) is 7.27. The monoisotopic (exact) mass is 297 g/mol. The van der Waals surface area contributed by atoms with Gasteiger partial charge in [-0.05, 0) is 37.5 Å². The van der Waals surface area contributed by atoms with Gasteiger partial charge in [0, 0.05) is 18.8 Å². The first-order valence-electron chi connectivity index (χ1n) is 6.50. The SMILES string of the molecule is Cc1cccc(NC(=O)N2CCCC(S(N)(=O)=O)C2)c1. The second-order valence-corrected chi connectivity index (χ2v) is 6.94. The van der Waals surface area contributed by atoms with Crippen LogP contribution in [0.15, 0.2) is 24.3 Å². The van der Waals surface area contributed by atoms with Crippen molar-refractivity contribution in [3.8, 4) is 0 Å². The van der Waals surface area contributed by atoms with Crippen molar-refractivity contribution in [3.63, 3.8) is 0 Å². The number of urea groups is 1. The largest absolute Gasteiger partial charge is 0.323 e. The number of nitrogens with two attached hydrogens (primary N) is 1. The van der Waals surface area contributed by atoms with Crippen molar-refractivity contribution in [1.82, 2.24) is 4.90 Å². The zero-order valence-electron chi connectivity index (χ0n) is 11.4. The Balaban J connectivity index is 2.02. The lowest BCUT2D eigenvalue weighted by atomic mass is 10.1. The Morgan fingerprint density at radius 2 is 2.20 bits per heavy atom. The molecule has 0 spiro atoms. The smallest absolute Gasteiger partial charge is 0.321 e. The number of anilines is 1. The minimum absolute atomic E-state index is 0.149. The highest BCUT2D eigenvalue weighted by Gasteiger charge is 2.30. The van der Waals surface area contributed by atoms with Crippen molar-refractivity contribution in [1.29, 1.82) is 0 Å². The van der Waals surface area contributed by atoms with Crippen molar-refractivity contribution in [2.24, 2.45) is 5.14 Å². The first kappa shape index (κ1) is 14.8. The lowest BCUT2D eigenvalue weighted by Gasteiger charge is -2.31. The summed E-state index contributed by atoms with van der Waals surface area (Å²) in [5.41, 5.74) is 1.75. The summed E-state index contributed by atoms with van der Waals surface area (Å²) in [6, 6.07) is 7.16. The molecule has 6 nitrogen and oxygen atoms in total. The molecule has 0 saturated carbocycles. The first-order chi connectivity index (χ1) is 9.36. The van der Waals surface area contributed by atoms with Gasteiger partial charge in [-0.3, -0.25) is 0 Å². The molecule has 1 fully saturated rings. The number of rotatable bonds is 2. The van der Waals surface area contributed by atoms with E-state index in [0.29, 0.717) is 25.1 Å². The highest BCUT2D eigenvalue weighted by Crippen LogP contribution is 2.17. The molecule has 20 heavy (non-hydrogen) atoms. The van der Waals surface area contributed by atoms with E-state index in [2.05, 4.69) is 5.32 Å². The summed E-state index contributed by atoms with van der Waals surface area (Å²) < 4.78 is 22.8. The number of benzene rings is 1. The number of nitrogens with zero attached hydrogens (tertiary/aromatic N) is 1. The number of hydrogen-bond donors (Lipinski definition) is 2. The van der Waals surface area contributed by atoms with E-state index >= 15 is 0 Å². The van der Waals surface area contributed by atoms with Gasteiger partial charge in [0.25, 0.3) is 0 Å². The van der Waals surface area contributed by atoms with Crippen molar-refractivity contribution >= 4 is 21.7 Å². The molecule has 1 aliphatic rings. The molecule has 0 bridgehead atoms. The number of carbonyl (C=O) groups excluding carboxylic acids is 1. The van der Waals surface area contributed by atoms with Gasteiger partial charge < -0.3 is 10.2 Å². The molecule has 1 atom stereocenters. The number of sulfonamides is 1. The number of amides is 2. The van der Waals surface area contributed by atoms with Crippen LogP contribution in [0.25, 0.3) is 0 Å². The molecule has 1 aliphatic heterocycles. The molecule has 3 N–H and O–H groups in total. The molecule has 1 saturated heterocycles. The minimum Gasteiger partial charge on any atom is -0.323 e. The zero-order chi connectivity index (χ0) is 14.8. The van der Waals surface area contributed by atoms with Gasteiger partial charge in [-0.25, -0.2) is 18.4 Å². The Bertz CT molecular complexity index is 601. The summed E-state index contributed by atoms with van der Waals surface area (Å²) in [7, 11) is -3.59. The predicted molar refractivity (Wildman–Crippen MR) is 77.9 cm³/mol. The molecule has 1 aromatic carbocycles. The molecule has 2 rings (SSSR count). The van der Waals surface area contributed by atoms with E-state index in [1.54, 1.807) is 6.07 Å². The fourth-order valence-electron chi connectivity index (χ4n) is 2.32. The Labute approximate surface area is 119 Å². The molecule has 110 valence electrons. The average molecular weight is 297 g/mol. The van der Waals surface area contributed by atoms with Gasteiger partial charge in [0.1, 0.15) is 0 Å². The van der Waals surface area contributed by atoms with E-state index in [1.165, 1.54) is 4.90 Å². The maximum atomic E-state index is 12.1. The Morgan fingerprint density at radius 1 is 1.45 bits per heavy atom. The van der Waals surface area contributed by atoms with Crippen LogP contribution in [0.3, 0.4) is 0 Å². The quantitative estimate of drug-likeness (QED) is 0.861. The van der Waals surface area contributed by atoms with Crippen LogP contribution in [0.4, 0.5) is 10.5 Å². The molecule has 1 unspecified atom stereocenters. The maximum absolute atomic E-state index is 12.1. The maximum Gasteiger partial charge on any atom is 0.321 e. The zero-order valence-corrected chi connectivity index (χ0v) is 12.2. The first-order valence-corrected chi connectivity index (χ1v) is 8.11. The number of likely N-dealkylation sites (tertiary alicyclic amines) is 1. The van der Waals surface area contributed by atoms with Gasteiger partial charge in [-0.2, -0.15) is 0 Å². The van der Waals surface area contributed by atoms with Gasteiger partial charge in [0.05, 0.1) is 5.25 Å². The predicted octanol–water partition coefficient (Wildman–Crippen LogP) is 1.28. The summed E-state index contributed by atoms with van der Waals surface area (Å²) in [4.78, 5) is 13.6. The van der Waals surface area contributed by atoms with Crippen molar-refractivity contribution in [3.05, 3.63) is 29.8 Å². The van der Waals surface area contributed by atoms with Crippen LogP contribution in [0.1, 0.15) is 18.4 Å². The second kappa shape index (κ2) is 5.80. The Kier molecular flexibility index (Phi) is 4.29. The normalized spacial score (nSPS) is 19.7. The van der Waals surface area contributed by atoms with Gasteiger partial charge in [-0.15, -0.1) is 0 Å². The van der Waals surface area contributed by atoms with Crippen LogP contribution >= 0.6 is 0 Å². The van der Waals surface area contributed by atoms with Gasteiger partial charge >= 0.3 is 6.03 Å². The third-order valence-corrected chi connectivity index (χ3v) is 4.71. The van der Waals surface area contributed by atoms with Crippen molar-refractivity contribution in [2.45, 2.75) is 25.0 Å². The standard InChI is InChI=1S/C13H19N3O3S/c1-10-4-2-5-11(8-10)15-13(17)16-7-3-6-12(9-16)20(14,18)19/h2,4-5,8,12H,3,6-7,9H2,1H3,(H,15,17)(H2,14,18,19). The summed E-state index contributed by atoms with van der Waals surface area (Å²) in [6.07, 6.45) is 1.15. The van der Waals surface area contributed by atoms with E-state index in [-0.39, 0.29) is 12.6 Å². The van der Waals surface area contributed by atoms with Crippen LogP contribution in [0.5, 0.6) is 0 Å². The van der Waals surface area contributed by atoms with E-state index in [4.69, 9.17) is 5.14 Å². The van der Waals surface area contributed by atoms with Gasteiger partial charge in [-0.1, -0.05) is 12.1 Å². The summed E-state index contributed by atoms with van der Waals surface area (Å²) in [6.45, 7) is 2.63. The van der Waals surface area contributed by atoms with Crippen LogP contribution in [0.2, 0.25) is 0 Å². The number of hydrogen-bond acceptors (Lipinski definition) is 3. The molecule has 7 heteroatoms. The van der Waals surface area contributed by atoms with E-state index in [0.717, 1.165) is 5.56 Å². The minimum atomic E-state index is -3.59. The molecule has 0 aliphatic carbocycles. The second-order valence-electron chi connectivity index (χ2n) is 5.10. The number of aryl methyl sites for hydroxylation is 1. The van der Waals surface area contributed by atoms with Crippen LogP contribution in [-0.2, 0) is 10.0 Å². The molecule has 2 amide bonds. The van der Waals surface area contributed by atoms with Gasteiger partial charge in [0.15, 0.2) is 0 Å². The van der Waals surface area contributed by atoms with Crippen LogP contribution in [0, 0.1) is 6.92 Å².